The fourth-order valence-electron chi connectivity index (χ4n) is 5.22. The fourth-order valence-corrected chi connectivity index (χ4v) is 6.17. The van der Waals surface area contributed by atoms with E-state index in [1.807, 2.05) is 52.0 Å². The Labute approximate surface area is 234 Å². The summed E-state index contributed by atoms with van der Waals surface area (Å²) >= 11 is 0. The molecule has 0 spiro atoms. The monoisotopic (exact) mass is 572 g/mol. The van der Waals surface area contributed by atoms with Gasteiger partial charge in [-0.05, 0) is 33.8 Å². The molecular weight excluding hydrogens is 536 g/mol. The number of amides is 1. The van der Waals surface area contributed by atoms with Gasteiger partial charge in [0.05, 0.1) is 50.0 Å². The van der Waals surface area contributed by atoms with Crippen LogP contribution < -0.4 is 9.62 Å². The van der Waals surface area contributed by atoms with E-state index in [-0.39, 0.29) is 25.2 Å². The van der Waals surface area contributed by atoms with Gasteiger partial charge in [0.2, 0.25) is 10.0 Å². The number of rotatable bonds is 7. The number of furan rings is 1. The third kappa shape index (κ3) is 5.75. The van der Waals surface area contributed by atoms with E-state index in [0.717, 1.165) is 17.4 Å². The predicted octanol–water partition coefficient (Wildman–Crippen LogP) is 4.16. The van der Waals surface area contributed by atoms with Crippen LogP contribution in [0.25, 0.3) is 22.3 Å². The van der Waals surface area contributed by atoms with Gasteiger partial charge in [0.15, 0.2) is 5.79 Å². The van der Waals surface area contributed by atoms with Crippen LogP contribution in [0.4, 0.5) is 5.69 Å². The average molecular weight is 573 g/mol. The van der Waals surface area contributed by atoms with E-state index < -0.39 is 28.0 Å². The van der Waals surface area contributed by atoms with Crippen molar-refractivity contribution in [3.8, 4) is 11.3 Å². The van der Waals surface area contributed by atoms with Crippen molar-refractivity contribution in [2.75, 3.05) is 44.0 Å². The molecule has 1 N–H and O–H groups in total. The van der Waals surface area contributed by atoms with Crippen LogP contribution in [0.5, 0.6) is 0 Å². The molecular formula is C29H36N2O8S. The number of anilines is 1. The van der Waals surface area contributed by atoms with Gasteiger partial charge < -0.3 is 28.7 Å². The SMILES string of the molecule is CNC(=O)c1c(-c2ccc(C)cc2)oc2cc3c(cc12)[C@H](C)O[C@H](COC[C@H]1COC(C)(C)O1)CN3S(C)(=O)=O. The van der Waals surface area contributed by atoms with Crippen LogP contribution in [-0.4, -0.2) is 72.0 Å². The standard InChI is InChI=1S/C29H36N2O8S/c1-17-7-9-19(10-8-17)27-26(28(32)30-5)23-11-22-18(2)37-20(14-35-15-21-16-36-29(3,4)39-21)13-31(40(6,33)34)24(22)12-25(23)38-27/h7-12,18,20-21H,13-16H2,1-6H3,(H,30,32)/t18-,20-,21-/m0/s1. The molecule has 1 aromatic heterocycles. The number of nitrogens with zero attached hydrogens (tertiary/aromatic N) is 1. The van der Waals surface area contributed by atoms with Crippen molar-refractivity contribution >= 4 is 32.6 Å². The van der Waals surface area contributed by atoms with Crippen LogP contribution in [0.2, 0.25) is 0 Å². The molecule has 1 fully saturated rings. The zero-order valence-electron chi connectivity index (χ0n) is 23.6. The van der Waals surface area contributed by atoms with Crippen molar-refractivity contribution in [1.29, 1.82) is 0 Å². The molecule has 0 unspecified atom stereocenters. The van der Waals surface area contributed by atoms with Gasteiger partial charge in [-0.2, -0.15) is 0 Å². The summed E-state index contributed by atoms with van der Waals surface area (Å²) in [7, 11) is -2.13. The summed E-state index contributed by atoms with van der Waals surface area (Å²) in [5, 5.41) is 3.28. The highest BCUT2D eigenvalue weighted by molar-refractivity contribution is 7.92. The minimum atomic E-state index is -3.69. The third-order valence-electron chi connectivity index (χ3n) is 7.15. The first kappa shape index (κ1) is 28.6. The number of sulfonamides is 1. The van der Waals surface area contributed by atoms with Crippen LogP contribution in [0.3, 0.4) is 0 Å². The number of fused-ring (bicyclic) bond motifs is 2. The molecule has 1 amide bonds. The Morgan fingerprint density at radius 3 is 2.48 bits per heavy atom. The molecule has 2 aliphatic heterocycles. The first-order valence-electron chi connectivity index (χ1n) is 13.3. The third-order valence-corrected chi connectivity index (χ3v) is 8.30. The van der Waals surface area contributed by atoms with Gasteiger partial charge in [0.1, 0.15) is 23.6 Å². The molecule has 3 heterocycles. The molecule has 0 bridgehead atoms. The molecule has 0 aliphatic carbocycles. The van der Waals surface area contributed by atoms with E-state index in [1.54, 1.807) is 19.2 Å². The topological polar surface area (TPSA) is 117 Å². The normalized spacial score (nSPS) is 22.8. The highest BCUT2D eigenvalue weighted by atomic mass is 32.2. The summed E-state index contributed by atoms with van der Waals surface area (Å²) in [5.74, 6) is -0.537. The van der Waals surface area contributed by atoms with Crippen LogP contribution in [0.15, 0.2) is 40.8 Å². The van der Waals surface area contributed by atoms with Gasteiger partial charge in [0.25, 0.3) is 5.91 Å². The zero-order valence-corrected chi connectivity index (χ0v) is 24.5. The molecule has 1 saturated heterocycles. The predicted molar refractivity (Wildman–Crippen MR) is 151 cm³/mol. The molecule has 3 aromatic rings. The molecule has 11 heteroatoms. The van der Waals surface area contributed by atoms with E-state index in [2.05, 4.69) is 5.32 Å². The summed E-state index contributed by atoms with van der Waals surface area (Å²) in [4.78, 5) is 13.1. The van der Waals surface area contributed by atoms with Crippen LogP contribution in [-0.2, 0) is 29.0 Å². The number of carbonyl (C=O) groups excluding carboxylic acids is 1. The Kier molecular flexibility index (Phi) is 7.71. The number of carbonyl (C=O) groups is 1. The van der Waals surface area contributed by atoms with Crippen molar-refractivity contribution in [3.05, 3.63) is 53.1 Å². The van der Waals surface area contributed by atoms with Crippen LogP contribution in [0.1, 0.15) is 48.4 Å². The summed E-state index contributed by atoms with van der Waals surface area (Å²) in [6.07, 6.45) is -0.0734. The van der Waals surface area contributed by atoms with E-state index in [1.165, 1.54) is 4.31 Å². The maximum Gasteiger partial charge on any atom is 0.255 e. The molecule has 3 atom stereocenters. The van der Waals surface area contributed by atoms with Crippen LogP contribution >= 0.6 is 0 Å². The number of aryl methyl sites for hydroxylation is 1. The van der Waals surface area contributed by atoms with Crippen molar-refractivity contribution in [1.82, 2.24) is 5.32 Å². The summed E-state index contributed by atoms with van der Waals surface area (Å²) in [5.41, 5.74) is 3.70. The Hall–Kier alpha value is -2.96. The second-order valence-electron chi connectivity index (χ2n) is 10.8. The molecule has 216 valence electrons. The average Bonchev–Trinajstić information content (AvgIpc) is 3.39. The van der Waals surface area contributed by atoms with E-state index in [4.69, 9.17) is 23.4 Å². The van der Waals surface area contributed by atoms with Crippen molar-refractivity contribution in [2.45, 2.75) is 51.8 Å². The quantitative estimate of drug-likeness (QED) is 0.449. The van der Waals surface area contributed by atoms with Gasteiger partial charge in [0, 0.05) is 29.6 Å². The lowest BCUT2D eigenvalue weighted by molar-refractivity contribution is -0.147. The number of hydrogen-bond acceptors (Lipinski definition) is 8. The summed E-state index contributed by atoms with van der Waals surface area (Å²) in [6, 6.07) is 11.2. The van der Waals surface area contributed by atoms with Crippen LogP contribution in [0, 0.1) is 6.92 Å². The minimum Gasteiger partial charge on any atom is -0.455 e. The van der Waals surface area contributed by atoms with Gasteiger partial charge >= 0.3 is 0 Å². The van der Waals surface area contributed by atoms with E-state index in [0.29, 0.717) is 46.8 Å². The summed E-state index contributed by atoms with van der Waals surface area (Å²) in [6.45, 7) is 8.49. The molecule has 5 rings (SSSR count). The Bertz CT molecular complexity index is 1510. The highest BCUT2D eigenvalue weighted by Gasteiger charge is 2.35. The lowest BCUT2D eigenvalue weighted by atomic mass is 10.00. The van der Waals surface area contributed by atoms with E-state index >= 15 is 0 Å². The van der Waals surface area contributed by atoms with Gasteiger partial charge in [-0.1, -0.05) is 29.8 Å². The second-order valence-corrected chi connectivity index (χ2v) is 12.7. The van der Waals surface area contributed by atoms with Crippen molar-refractivity contribution in [2.24, 2.45) is 0 Å². The Morgan fingerprint density at radius 2 is 1.85 bits per heavy atom. The number of benzene rings is 2. The molecule has 0 radical (unpaired) electrons. The van der Waals surface area contributed by atoms with Gasteiger partial charge in [-0.25, -0.2) is 8.42 Å². The van der Waals surface area contributed by atoms with Gasteiger partial charge in [-0.3, -0.25) is 9.10 Å². The largest absolute Gasteiger partial charge is 0.455 e. The van der Waals surface area contributed by atoms with E-state index in [9.17, 15) is 13.2 Å². The lowest BCUT2D eigenvalue weighted by Gasteiger charge is -2.25. The number of hydrogen-bond donors (Lipinski definition) is 1. The zero-order chi connectivity index (χ0) is 28.8. The molecule has 2 aromatic carbocycles. The minimum absolute atomic E-state index is 0.0586. The first-order chi connectivity index (χ1) is 18.9. The molecule has 40 heavy (non-hydrogen) atoms. The fraction of sp³-hybridized carbons (Fsp3) is 0.483. The smallest absolute Gasteiger partial charge is 0.255 e. The second kappa shape index (κ2) is 10.8. The maximum absolute atomic E-state index is 13.1. The van der Waals surface area contributed by atoms with Crippen molar-refractivity contribution < 1.29 is 36.6 Å². The Morgan fingerprint density at radius 1 is 1.15 bits per heavy atom. The van der Waals surface area contributed by atoms with Gasteiger partial charge in [-0.15, -0.1) is 0 Å². The summed E-state index contributed by atoms with van der Waals surface area (Å²) < 4.78 is 57.2. The highest BCUT2D eigenvalue weighted by Crippen LogP contribution is 2.42. The Balaban J connectivity index is 1.50. The molecule has 0 saturated carbocycles. The van der Waals surface area contributed by atoms with Crippen molar-refractivity contribution in [3.63, 3.8) is 0 Å². The number of ether oxygens (including phenoxy) is 4. The number of nitrogens with one attached hydrogen (secondary N) is 1. The molecule has 2 aliphatic rings. The maximum atomic E-state index is 13.1. The first-order valence-corrected chi connectivity index (χ1v) is 15.1. The molecule has 10 nitrogen and oxygen atoms in total. The lowest BCUT2D eigenvalue weighted by Crippen LogP contribution is -2.39.